The van der Waals surface area contributed by atoms with Crippen molar-refractivity contribution in [3.05, 3.63) is 16.7 Å². The van der Waals surface area contributed by atoms with Gasteiger partial charge in [-0.15, -0.1) is 0 Å². The Hall–Kier alpha value is -1.14. The largest absolute Gasteiger partial charge is 0.465 e. The maximum absolute atomic E-state index is 11.7. The molecule has 0 amide bonds. The first-order valence-corrected chi connectivity index (χ1v) is 5.41. The predicted molar refractivity (Wildman–Crippen MR) is 63.5 cm³/mol. The fourth-order valence-corrected chi connectivity index (χ4v) is 1.69. The quantitative estimate of drug-likeness (QED) is 0.469. The summed E-state index contributed by atoms with van der Waals surface area (Å²) in [6, 6.07) is -0.244. The Balaban J connectivity index is 2.87. The molecule has 2 N–H and O–H groups in total. The maximum atomic E-state index is 11.7. The van der Waals surface area contributed by atoms with Crippen LogP contribution in [0.4, 0.5) is 0 Å². The van der Waals surface area contributed by atoms with Crippen LogP contribution in [0.25, 0.3) is 0 Å². The van der Waals surface area contributed by atoms with Crippen molar-refractivity contribution in [2.45, 2.75) is 12.5 Å². The second-order valence-electron chi connectivity index (χ2n) is 4.63. The number of carbonyl (C=O) groups excluding carboxylic acids is 1. The molecule has 1 rings (SSSR count). The highest BCUT2D eigenvalue weighted by atomic mass is 32.1. The summed E-state index contributed by atoms with van der Waals surface area (Å²) in [6.45, 7) is 0. The Morgan fingerprint density at radius 2 is 2.19 bits per heavy atom. The molecular weight excluding hydrogens is 226 g/mol. The number of likely N-dealkylation sites (N-methyl/N-ethyl adjacent to an activating group) is 1. The third-order valence-corrected chi connectivity index (χ3v) is 2.69. The second-order valence-corrected chi connectivity index (χ2v) is 5.04. The topological polar surface area (TPSA) is 57.9 Å². The van der Waals surface area contributed by atoms with Crippen LogP contribution in [0.2, 0.25) is 0 Å². The summed E-state index contributed by atoms with van der Waals surface area (Å²) in [5, 5.41) is 0. The van der Waals surface area contributed by atoms with Crippen LogP contribution in [-0.2, 0) is 16.0 Å². The Kier molecular flexibility index (Phi) is 3.88. The third kappa shape index (κ3) is 3.18. The predicted octanol–water partition coefficient (Wildman–Crippen LogP) is 0.863. The molecule has 16 heavy (non-hydrogen) atoms. The number of methoxy groups -OCH3 is 1. The van der Waals surface area contributed by atoms with Crippen LogP contribution >= 0.6 is 12.2 Å². The molecular formula is C10H18N3O2S+. The molecule has 0 radical (unpaired) electrons. The van der Waals surface area contributed by atoms with Crippen molar-refractivity contribution in [2.75, 3.05) is 28.3 Å². The number of quaternary nitrogens is 1. The molecule has 1 unspecified atom stereocenters. The van der Waals surface area contributed by atoms with Gasteiger partial charge in [-0.1, -0.05) is 0 Å². The average molecular weight is 244 g/mol. The van der Waals surface area contributed by atoms with Crippen molar-refractivity contribution in [3.8, 4) is 0 Å². The third-order valence-electron chi connectivity index (χ3n) is 2.47. The summed E-state index contributed by atoms with van der Waals surface area (Å²) in [4.78, 5) is 17.6. The van der Waals surface area contributed by atoms with Crippen LogP contribution in [0.3, 0.4) is 0 Å². The van der Waals surface area contributed by atoms with Gasteiger partial charge in [-0.3, -0.25) is 0 Å². The van der Waals surface area contributed by atoms with Crippen LogP contribution in [-0.4, -0.2) is 54.7 Å². The van der Waals surface area contributed by atoms with E-state index >= 15 is 0 Å². The van der Waals surface area contributed by atoms with E-state index in [-0.39, 0.29) is 12.0 Å². The molecule has 0 saturated carbocycles. The van der Waals surface area contributed by atoms with Crippen molar-refractivity contribution in [3.63, 3.8) is 0 Å². The number of hydrogen-bond acceptors (Lipinski definition) is 3. The SMILES string of the molecule is COC(=O)C(Cc1c[nH]c(=S)[nH]1)[N+](C)(C)C. The number of hydrogen-bond donors (Lipinski definition) is 2. The van der Waals surface area contributed by atoms with Gasteiger partial charge in [0, 0.05) is 11.9 Å². The summed E-state index contributed by atoms with van der Waals surface area (Å²) in [5.41, 5.74) is 0.911. The Labute approximate surface area is 100 Å². The van der Waals surface area contributed by atoms with Gasteiger partial charge >= 0.3 is 5.97 Å². The lowest BCUT2D eigenvalue weighted by molar-refractivity contribution is -0.887. The molecule has 0 bridgehead atoms. The summed E-state index contributed by atoms with van der Waals surface area (Å²) in [6.07, 6.45) is 2.36. The molecule has 0 saturated heterocycles. The standard InChI is InChI=1S/C10H17N3O2S/c1-13(2,3)8(9(14)15-4)5-7-6-11-10(16)12-7/h6,8H,5H2,1-4H3,(H-,11,12,16)/p+1. The van der Waals surface area contributed by atoms with E-state index in [2.05, 4.69) is 9.97 Å². The van der Waals surface area contributed by atoms with E-state index in [1.807, 2.05) is 21.1 Å². The normalized spacial score (nSPS) is 13.5. The second kappa shape index (κ2) is 4.80. The number of H-pyrrole nitrogens is 2. The number of aromatic amines is 2. The van der Waals surface area contributed by atoms with E-state index < -0.39 is 0 Å². The van der Waals surface area contributed by atoms with Gasteiger partial charge in [-0.25, -0.2) is 4.79 Å². The Bertz CT molecular complexity index is 416. The molecule has 90 valence electrons. The van der Waals surface area contributed by atoms with Gasteiger partial charge < -0.3 is 19.2 Å². The van der Waals surface area contributed by atoms with Crippen LogP contribution in [0.15, 0.2) is 6.20 Å². The van der Waals surface area contributed by atoms with Gasteiger partial charge in [0.15, 0.2) is 10.8 Å². The van der Waals surface area contributed by atoms with Gasteiger partial charge in [-0.05, 0) is 12.2 Å². The van der Waals surface area contributed by atoms with E-state index in [9.17, 15) is 4.79 Å². The molecule has 0 aromatic carbocycles. The van der Waals surface area contributed by atoms with Crippen molar-refractivity contribution >= 4 is 18.2 Å². The van der Waals surface area contributed by atoms with Crippen LogP contribution < -0.4 is 0 Å². The zero-order valence-corrected chi connectivity index (χ0v) is 10.9. The summed E-state index contributed by atoms with van der Waals surface area (Å²) >= 11 is 4.94. The molecule has 0 aliphatic carbocycles. The molecule has 6 heteroatoms. The summed E-state index contributed by atoms with van der Waals surface area (Å²) < 4.78 is 5.90. The first-order valence-electron chi connectivity index (χ1n) is 5.00. The fourth-order valence-electron chi connectivity index (χ4n) is 1.50. The van der Waals surface area contributed by atoms with Crippen LogP contribution in [0.1, 0.15) is 5.69 Å². The fraction of sp³-hybridized carbons (Fsp3) is 0.600. The first-order chi connectivity index (χ1) is 7.34. The minimum absolute atomic E-state index is 0.215. The van der Waals surface area contributed by atoms with Crippen molar-refractivity contribution in [1.82, 2.24) is 9.97 Å². The highest BCUT2D eigenvalue weighted by Crippen LogP contribution is 2.11. The lowest BCUT2D eigenvalue weighted by atomic mass is 10.1. The zero-order valence-electron chi connectivity index (χ0n) is 10.0. The van der Waals surface area contributed by atoms with Crippen LogP contribution in [0.5, 0.6) is 0 Å². The number of imidazole rings is 1. The summed E-state index contributed by atoms with van der Waals surface area (Å²) in [5.74, 6) is -0.215. The Morgan fingerprint density at radius 1 is 1.56 bits per heavy atom. The smallest absolute Gasteiger partial charge is 0.365 e. The number of nitrogens with one attached hydrogen (secondary N) is 2. The summed E-state index contributed by atoms with van der Waals surface area (Å²) in [7, 11) is 7.29. The molecule has 0 aliphatic rings. The van der Waals surface area contributed by atoms with Crippen LogP contribution in [0, 0.1) is 4.77 Å². The molecule has 1 heterocycles. The lowest BCUT2D eigenvalue weighted by Gasteiger charge is -2.31. The van der Waals surface area contributed by atoms with Crippen molar-refractivity contribution in [1.29, 1.82) is 0 Å². The van der Waals surface area contributed by atoms with Gasteiger partial charge in [-0.2, -0.15) is 0 Å². The number of esters is 1. The minimum atomic E-state index is -0.244. The van der Waals surface area contributed by atoms with Crippen molar-refractivity contribution in [2.24, 2.45) is 0 Å². The number of ether oxygens (including phenoxy) is 1. The van der Waals surface area contributed by atoms with E-state index in [0.29, 0.717) is 15.7 Å². The van der Waals surface area contributed by atoms with Gasteiger partial charge in [0.05, 0.1) is 34.7 Å². The molecule has 1 aromatic rings. The number of carbonyl (C=O) groups is 1. The molecule has 5 nitrogen and oxygen atoms in total. The number of rotatable bonds is 4. The molecule has 0 fully saturated rings. The lowest BCUT2D eigenvalue weighted by Crippen LogP contribution is -2.51. The van der Waals surface area contributed by atoms with Gasteiger partial charge in [0.2, 0.25) is 0 Å². The molecule has 0 spiro atoms. The van der Waals surface area contributed by atoms with E-state index in [1.54, 1.807) is 6.20 Å². The van der Waals surface area contributed by atoms with E-state index in [1.165, 1.54) is 7.11 Å². The minimum Gasteiger partial charge on any atom is -0.465 e. The van der Waals surface area contributed by atoms with Gasteiger partial charge in [0.25, 0.3) is 0 Å². The number of aromatic nitrogens is 2. The highest BCUT2D eigenvalue weighted by Gasteiger charge is 2.33. The zero-order chi connectivity index (χ0) is 12.3. The average Bonchev–Trinajstić information content (AvgIpc) is 2.57. The monoisotopic (exact) mass is 244 g/mol. The molecule has 0 aliphatic heterocycles. The highest BCUT2D eigenvalue weighted by molar-refractivity contribution is 7.71. The number of nitrogens with zero attached hydrogens (tertiary/aromatic N) is 1. The maximum Gasteiger partial charge on any atom is 0.365 e. The van der Waals surface area contributed by atoms with Gasteiger partial charge in [0.1, 0.15) is 0 Å². The Morgan fingerprint density at radius 3 is 2.56 bits per heavy atom. The molecule has 1 aromatic heterocycles. The first kappa shape index (κ1) is 12.9. The molecule has 1 atom stereocenters. The van der Waals surface area contributed by atoms with E-state index in [4.69, 9.17) is 17.0 Å². The van der Waals surface area contributed by atoms with E-state index in [0.717, 1.165) is 5.69 Å². The van der Waals surface area contributed by atoms with Crippen molar-refractivity contribution < 1.29 is 14.0 Å².